The summed E-state index contributed by atoms with van der Waals surface area (Å²) in [5, 5.41) is 0. The topological polar surface area (TPSA) is 32.5 Å². The lowest BCUT2D eigenvalue weighted by Crippen LogP contribution is -2.55. The number of halogens is 2. The van der Waals surface area contributed by atoms with Crippen molar-refractivity contribution in [1.29, 1.82) is 0 Å². The second kappa shape index (κ2) is 6.31. The van der Waals surface area contributed by atoms with Crippen molar-refractivity contribution < 1.29 is 4.39 Å². The molecule has 5 heteroatoms. The molecule has 2 N–H and O–H groups in total. The predicted octanol–water partition coefficient (Wildman–Crippen LogP) is 2.22. The minimum Gasteiger partial charge on any atom is -0.329 e. The van der Waals surface area contributed by atoms with Crippen molar-refractivity contribution >= 4 is 15.9 Å². The van der Waals surface area contributed by atoms with Gasteiger partial charge in [-0.25, -0.2) is 4.39 Å². The summed E-state index contributed by atoms with van der Waals surface area (Å²) in [5.41, 5.74) is 6.60. The van der Waals surface area contributed by atoms with Gasteiger partial charge < -0.3 is 10.6 Å². The minimum atomic E-state index is -0.148. The molecule has 0 saturated carbocycles. The maximum Gasteiger partial charge on any atom is 0.128 e. The van der Waals surface area contributed by atoms with Crippen LogP contribution in [0.2, 0.25) is 0 Å². The molecule has 0 aliphatic carbocycles. The molecule has 1 aliphatic heterocycles. The molecular formula is C14H21BrFN3. The zero-order valence-electron chi connectivity index (χ0n) is 11.4. The number of benzene rings is 1. The van der Waals surface area contributed by atoms with Crippen LogP contribution in [-0.2, 0) is 0 Å². The molecule has 19 heavy (non-hydrogen) atoms. The van der Waals surface area contributed by atoms with E-state index in [1.54, 1.807) is 6.07 Å². The van der Waals surface area contributed by atoms with Gasteiger partial charge >= 0.3 is 0 Å². The molecule has 0 radical (unpaired) electrons. The summed E-state index contributed by atoms with van der Waals surface area (Å²) in [6.45, 7) is 5.52. The zero-order valence-corrected chi connectivity index (χ0v) is 13.0. The summed E-state index contributed by atoms with van der Waals surface area (Å²) in [6.07, 6.45) is 0. The van der Waals surface area contributed by atoms with Crippen LogP contribution < -0.4 is 5.73 Å². The second-order valence-electron chi connectivity index (χ2n) is 5.23. The van der Waals surface area contributed by atoms with E-state index < -0.39 is 0 Å². The lowest BCUT2D eigenvalue weighted by molar-refractivity contribution is 0.0608. The van der Waals surface area contributed by atoms with E-state index >= 15 is 0 Å². The number of nitrogens with zero attached hydrogens (tertiary/aromatic N) is 2. The largest absolute Gasteiger partial charge is 0.329 e. The first-order valence-corrected chi connectivity index (χ1v) is 7.41. The van der Waals surface area contributed by atoms with E-state index in [9.17, 15) is 4.39 Å². The first-order valence-electron chi connectivity index (χ1n) is 6.62. The van der Waals surface area contributed by atoms with Gasteiger partial charge in [0.15, 0.2) is 0 Å². The monoisotopic (exact) mass is 329 g/mol. The summed E-state index contributed by atoms with van der Waals surface area (Å²) in [5.74, 6) is -0.148. The van der Waals surface area contributed by atoms with Gasteiger partial charge in [-0.2, -0.15) is 0 Å². The van der Waals surface area contributed by atoms with Gasteiger partial charge in [0.25, 0.3) is 0 Å². The third-order valence-electron chi connectivity index (χ3n) is 3.91. The van der Waals surface area contributed by atoms with E-state index in [0.29, 0.717) is 6.54 Å². The second-order valence-corrected chi connectivity index (χ2v) is 6.15. The van der Waals surface area contributed by atoms with Crippen LogP contribution in [0.4, 0.5) is 4.39 Å². The van der Waals surface area contributed by atoms with Gasteiger partial charge in [0.05, 0.1) is 0 Å². The molecule has 1 saturated heterocycles. The Bertz CT molecular complexity index is 441. The molecule has 0 amide bonds. The van der Waals surface area contributed by atoms with Gasteiger partial charge in [-0.15, -0.1) is 0 Å². The van der Waals surface area contributed by atoms with Crippen LogP contribution in [0, 0.1) is 5.82 Å². The Morgan fingerprint density at radius 2 is 2.21 bits per heavy atom. The molecule has 1 aromatic rings. The molecule has 0 aromatic heterocycles. The Morgan fingerprint density at radius 1 is 1.47 bits per heavy atom. The summed E-state index contributed by atoms with van der Waals surface area (Å²) in [4.78, 5) is 4.59. The molecule has 1 heterocycles. The van der Waals surface area contributed by atoms with Crippen LogP contribution in [0.5, 0.6) is 0 Å². The number of nitrogens with two attached hydrogens (primary N) is 1. The Kier molecular flexibility index (Phi) is 4.95. The van der Waals surface area contributed by atoms with E-state index in [1.807, 2.05) is 6.07 Å². The molecule has 1 aromatic carbocycles. The molecule has 1 aliphatic rings. The Balaban J connectivity index is 2.22. The molecule has 106 valence electrons. The van der Waals surface area contributed by atoms with E-state index in [-0.39, 0.29) is 17.9 Å². The third-order valence-corrected chi connectivity index (χ3v) is 4.40. The predicted molar refractivity (Wildman–Crippen MR) is 79.6 cm³/mol. The number of likely N-dealkylation sites (N-methyl/N-ethyl adjacent to an activating group) is 1. The van der Waals surface area contributed by atoms with Crippen molar-refractivity contribution in [3.8, 4) is 0 Å². The Hall–Kier alpha value is -0.490. The lowest BCUT2D eigenvalue weighted by atomic mass is 10.0. The van der Waals surface area contributed by atoms with Crippen molar-refractivity contribution in [2.75, 3.05) is 33.2 Å². The lowest BCUT2D eigenvalue weighted by Gasteiger charge is -2.43. The Morgan fingerprint density at radius 3 is 2.89 bits per heavy atom. The van der Waals surface area contributed by atoms with Gasteiger partial charge in [0, 0.05) is 48.3 Å². The van der Waals surface area contributed by atoms with E-state index in [0.717, 1.165) is 29.7 Å². The normalized spacial score (nSPS) is 23.5. The zero-order chi connectivity index (χ0) is 14.0. The van der Waals surface area contributed by atoms with Crippen LogP contribution in [-0.4, -0.2) is 49.1 Å². The quantitative estimate of drug-likeness (QED) is 0.922. The highest BCUT2D eigenvalue weighted by Crippen LogP contribution is 2.28. The Labute approximate surface area is 122 Å². The van der Waals surface area contributed by atoms with Crippen molar-refractivity contribution in [2.24, 2.45) is 5.73 Å². The maximum absolute atomic E-state index is 14.0. The van der Waals surface area contributed by atoms with Crippen LogP contribution in [0.3, 0.4) is 0 Å². The van der Waals surface area contributed by atoms with Gasteiger partial charge in [-0.05, 0) is 32.2 Å². The SMILES string of the molecule is CC(c1cc(Br)ccc1F)N1CCN(C)CC1CN. The van der Waals surface area contributed by atoms with Crippen molar-refractivity contribution in [3.63, 3.8) is 0 Å². The molecule has 1 fully saturated rings. The van der Waals surface area contributed by atoms with Gasteiger partial charge in [0.2, 0.25) is 0 Å². The van der Waals surface area contributed by atoms with Crippen LogP contribution >= 0.6 is 15.9 Å². The average Bonchev–Trinajstić information content (AvgIpc) is 2.40. The van der Waals surface area contributed by atoms with E-state index in [1.165, 1.54) is 6.07 Å². The average molecular weight is 330 g/mol. The molecule has 2 rings (SSSR count). The van der Waals surface area contributed by atoms with Gasteiger partial charge in [-0.1, -0.05) is 15.9 Å². The van der Waals surface area contributed by atoms with Crippen molar-refractivity contribution in [3.05, 3.63) is 34.1 Å². The molecular weight excluding hydrogens is 309 g/mol. The van der Waals surface area contributed by atoms with Crippen LogP contribution in [0.25, 0.3) is 0 Å². The molecule has 2 unspecified atom stereocenters. The highest BCUT2D eigenvalue weighted by Gasteiger charge is 2.29. The van der Waals surface area contributed by atoms with Crippen LogP contribution in [0.1, 0.15) is 18.5 Å². The standard InChI is InChI=1S/C14H21BrFN3/c1-10(13-7-11(15)3-4-14(13)16)19-6-5-18(2)9-12(19)8-17/h3-4,7,10,12H,5-6,8-9,17H2,1-2H3. The van der Waals surface area contributed by atoms with E-state index in [4.69, 9.17) is 5.73 Å². The molecule has 0 spiro atoms. The fourth-order valence-corrected chi connectivity index (χ4v) is 3.14. The minimum absolute atomic E-state index is 0.0414. The third kappa shape index (κ3) is 3.34. The molecule has 0 bridgehead atoms. The summed E-state index contributed by atoms with van der Waals surface area (Å²) in [7, 11) is 2.10. The first kappa shape index (κ1) is 14.9. The van der Waals surface area contributed by atoms with Crippen LogP contribution in [0.15, 0.2) is 22.7 Å². The fourth-order valence-electron chi connectivity index (χ4n) is 2.76. The van der Waals surface area contributed by atoms with Gasteiger partial charge in [-0.3, -0.25) is 4.90 Å². The summed E-state index contributed by atoms with van der Waals surface area (Å²) < 4.78 is 14.9. The number of hydrogen-bond donors (Lipinski definition) is 1. The smallest absolute Gasteiger partial charge is 0.128 e. The highest BCUT2D eigenvalue weighted by molar-refractivity contribution is 9.10. The molecule has 3 nitrogen and oxygen atoms in total. The number of rotatable bonds is 3. The van der Waals surface area contributed by atoms with Gasteiger partial charge in [0.1, 0.15) is 5.82 Å². The fraction of sp³-hybridized carbons (Fsp3) is 0.571. The number of piperazine rings is 1. The number of hydrogen-bond acceptors (Lipinski definition) is 3. The first-order chi connectivity index (χ1) is 9.02. The maximum atomic E-state index is 14.0. The highest BCUT2D eigenvalue weighted by atomic mass is 79.9. The van der Waals surface area contributed by atoms with Crippen molar-refractivity contribution in [1.82, 2.24) is 9.80 Å². The molecule has 2 atom stereocenters. The summed E-state index contributed by atoms with van der Waals surface area (Å²) >= 11 is 3.41. The summed E-state index contributed by atoms with van der Waals surface area (Å²) in [6, 6.07) is 5.44. The van der Waals surface area contributed by atoms with Crippen molar-refractivity contribution in [2.45, 2.75) is 19.0 Å². The van der Waals surface area contributed by atoms with E-state index in [2.05, 4.69) is 39.7 Å².